The second-order valence-corrected chi connectivity index (χ2v) is 5.48. The summed E-state index contributed by atoms with van der Waals surface area (Å²) in [6, 6.07) is 6.22. The highest BCUT2D eigenvalue weighted by molar-refractivity contribution is 6.30. The molecule has 0 aromatic heterocycles. The van der Waals surface area contributed by atoms with E-state index in [1.807, 2.05) is 18.2 Å². The van der Waals surface area contributed by atoms with Crippen molar-refractivity contribution in [2.75, 3.05) is 6.54 Å². The first-order chi connectivity index (χ1) is 8.94. The summed E-state index contributed by atoms with van der Waals surface area (Å²) in [5, 5.41) is 4.06. The zero-order chi connectivity index (χ0) is 13.9. The van der Waals surface area contributed by atoms with Crippen LogP contribution in [0.3, 0.4) is 0 Å². The third kappa shape index (κ3) is 4.69. The van der Waals surface area contributed by atoms with Gasteiger partial charge in [-0.1, -0.05) is 17.7 Å². The third-order valence-electron chi connectivity index (χ3n) is 3.42. The van der Waals surface area contributed by atoms with Gasteiger partial charge in [0.15, 0.2) is 0 Å². The van der Waals surface area contributed by atoms with Gasteiger partial charge in [0.2, 0.25) is 0 Å². The number of nitrogens with one attached hydrogen (secondary N) is 1. The van der Waals surface area contributed by atoms with Gasteiger partial charge in [-0.05, 0) is 55.5 Å². The lowest BCUT2D eigenvalue weighted by Gasteiger charge is -2.12. The molecule has 1 atom stereocenters. The molecule has 0 heterocycles. The van der Waals surface area contributed by atoms with Gasteiger partial charge in [0.25, 0.3) is 0 Å². The van der Waals surface area contributed by atoms with Crippen molar-refractivity contribution in [3.63, 3.8) is 0 Å². The summed E-state index contributed by atoms with van der Waals surface area (Å²) in [7, 11) is 0. The molecule has 0 saturated carbocycles. The Balaban J connectivity index is 1.67. The molecule has 1 aromatic rings. The molecule has 1 aromatic carbocycles. The lowest BCUT2D eigenvalue weighted by Crippen LogP contribution is -2.30. The van der Waals surface area contributed by atoms with Crippen LogP contribution in [0.2, 0.25) is 5.02 Å². The second-order valence-electron chi connectivity index (χ2n) is 5.04. The number of fused-ring (bicyclic) bond motifs is 1. The minimum Gasteiger partial charge on any atom is -0.313 e. The molecular formula is C14H17ClF3N. The molecule has 5 heteroatoms. The van der Waals surface area contributed by atoms with E-state index in [0.717, 1.165) is 17.9 Å². The first kappa shape index (κ1) is 14.7. The highest BCUT2D eigenvalue weighted by atomic mass is 35.5. The summed E-state index contributed by atoms with van der Waals surface area (Å²) in [6.45, 7) is 0.641. The largest absolute Gasteiger partial charge is 0.389 e. The molecule has 0 bridgehead atoms. The van der Waals surface area contributed by atoms with Crippen molar-refractivity contribution in [1.29, 1.82) is 0 Å². The van der Waals surface area contributed by atoms with E-state index >= 15 is 0 Å². The number of halogens is 4. The topological polar surface area (TPSA) is 12.0 Å². The molecule has 1 aliphatic carbocycles. The molecule has 2 rings (SSSR count). The quantitative estimate of drug-likeness (QED) is 0.804. The van der Waals surface area contributed by atoms with Crippen LogP contribution in [0.1, 0.15) is 30.4 Å². The second kappa shape index (κ2) is 6.14. The number of unbranched alkanes of at least 4 members (excludes halogenated alkanes) is 1. The van der Waals surface area contributed by atoms with E-state index in [1.54, 1.807) is 0 Å². The van der Waals surface area contributed by atoms with Crippen molar-refractivity contribution in [1.82, 2.24) is 5.32 Å². The fraction of sp³-hybridized carbons (Fsp3) is 0.571. The number of alkyl halides is 3. The van der Waals surface area contributed by atoms with Crippen LogP contribution in [0.4, 0.5) is 13.2 Å². The molecule has 0 radical (unpaired) electrons. The van der Waals surface area contributed by atoms with E-state index in [2.05, 4.69) is 5.32 Å². The first-order valence-corrected chi connectivity index (χ1v) is 6.89. The molecule has 1 aliphatic rings. The fourth-order valence-corrected chi connectivity index (χ4v) is 2.68. The van der Waals surface area contributed by atoms with E-state index in [9.17, 15) is 13.2 Å². The summed E-state index contributed by atoms with van der Waals surface area (Å²) in [6.07, 6.45) is -2.11. The molecule has 0 spiro atoms. The van der Waals surface area contributed by atoms with Crippen LogP contribution in [0, 0.1) is 0 Å². The summed E-state index contributed by atoms with van der Waals surface area (Å²) in [5.41, 5.74) is 2.54. The first-order valence-electron chi connectivity index (χ1n) is 6.51. The maximum Gasteiger partial charge on any atom is 0.389 e. The molecular weight excluding hydrogens is 275 g/mol. The van der Waals surface area contributed by atoms with Gasteiger partial charge in [0, 0.05) is 17.5 Å². The molecule has 106 valence electrons. The normalized spacial score (nSPS) is 18.6. The summed E-state index contributed by atoms with van der Waals surface area (Å²) in [5.74, 6) is 0. The standard InChI is InChI=1S/C14H17ClF3N/c15-12-4-3-10-8-13(9-11(10)7-12)19-6-2-1-5-14(16,17)18/h3-4,7,13,19H,1-2,5-6,8-9H2. The lowest BCUT2D eigenvalue weighted by atomic mass is 10.1. The minimum absolute atomic E-state index is 0.196. The van der Waals surface area contributed by atoms with Gasteiger partial charge in [-0.2, -0.15) is 13.2 Å². The Morgan fingerprint density at radius 3 is 2.63 bits per heavy atom. The summed E-state index contributed by atoms with van der Waals surface area (Å²) < 4.78 is 35.9. The van der Waals surface area contributed by atoms with Crippen molar-refractivity contribution in [2.24, 2.45) is 0 Å². The zero-order valence-corrected chi connectivity index (χ0v) is 11.3. The summed E-state index contributed by atoms with van der Waals surface area (Å²) in [4.78, 5) is 0. The molecule has 1 nitrogen and oxygen atoms in total. The smallest absolute Gasteiger partial charge is 0.313 e. The maximum atomic E-state index is 12.0. The van der Waals surface area contributed by atoms with Crippen LogP contribution in [-0.4, -0.2) is 18.8 Å². The average molecular weight is 292 g/mol. The van der Waals surface area contributed by atoms with Crippen molar-refractivity contribution >= 4 is 11.6 Å². The Morgan fingerprint density at radius 1 is 1.16 bits per heavy atom. The number of rotatable bonds is 5. The van der Waals surface area contributed by atoms with Gasteiger partial charge >= 0.3 is 6.18 Å². The summed E-state index contributed by atoms with van der Waals surface area (Å²) >= 11 is 5.93. The SMILES string of the molecule is FC(F)(F)CCCCNC1Cc2ccc(Cl)cc2C1. The molecule has 19 heavy (non-hydrogen) atoms. The van der Waals surface area contributed by atoms with Crippen LogP contribution < -0.4 is 5.32 Å². The predicted molar refractivity (Wildman–Crippen MR) is 70.6 cm³/mol. The molecule has 1 unspecified atom stereocenters. The van der Waals surface area contributed by atoms with Crippen molar-refractivity contribution in [3.05, 3.63) is 34.3 Å². The van der Waals surface area contributed by atoms with Crippen LogP contribution in [0.5, 0.6) is 0 Å². The number of benzene rings is 1. The van der Waals surface area contributed by atoms with Crippen molar-refractivity contribution in [3.8, 4) is 0 Å². The number of hydrogen-bond donors (Lipinski definition) is 1. The average Bonchev–Trinajstić information content (AvgIpc) is 2.68. The molecule has 0 fully saturated rings. The van der Waals surface area contributed by atoms with E-state index in [0.29, 0.717) is 19.0 Å². The number of hydrogen-bond acceptors (Lipinski definition) is 1. The Hall–Kier alpha value is -0.740. The predicted octanol–water partition coefficient (Wildman–Crippen LogP) is 4.13. The van der Waals surface area contributed by atoms with Crippen molar-refractivity contribution < 1.29 is 13.2 Å². The van der Waals surface area contributed by atoms with Gasteiger partial charge in [-0.15, -0.1) is 0 Å². The highest BCUT2D eigenvalue weighted by Gasteiger charge is 2.26. The van der Waals surface area contributed by atoms with E-state index < -0.39 is 12.6 Å². The Morgan fingerprint density at radius 2 is 1.89 bits per heavy atom. The molecule has 0 amide bonds. The van der Waals surface area contributed by atoms with E-state index in [4.69, 9.17) is 11.6 Å². The van der Waals surface area contributed by atoms with Crippen LogP contribution in [0.25, 0.3) is 0 Å². The van der Waals surface area contributed by atoms with E-state index in [1.165, 1.54) is 11.1 Å². The van der Waals surface area contributed by atoms with Crippen molar-refractivity contribution in [2.45, 2.75) is 44.3 Å². The molecule has 1 N–H and O–H groups in total. The van der Waals surface area contributed by atoms with Crippen LogP contribution in [0.15, 0.2) is 18.2 Å². The van der Waals surface area contributed by atoms with Gasteiger partial charge < -0.3 is 5.32 Å². The van der Waals surface area contributed by atoms with Crippen LogP contribution >= 0.6 is 11.6 Å². The maximum absolute atomic E-state index is 12.0. The highest BCUT2D eigenvalue weighted by Crippen LogP contribution is 2.25. The molecule has 0 saturated heterocycles. The Kier molecular flexibility index (Phi) is 4.74. The monoisotopic (exact) mass is 291 g/mol. The fourth-order valence-electron chi connectivity index (χ4n) is 2.49. The third-order valence-corrected chi connectivity index (χ3v) is 3.66. The van der Waals surface area contributed by atoms with E-state index in [-0.39, 0.29) is 6.42 Å². The lowest BCUT2D eigenvalue weighted by molar-refractivity contribution is -0.135. The van der Waals surface area contributed by atoms with Gasteiger partial charge in [0.05, 0.1) is 0 Å². The van der Waals surface area contributed by atoms with Gasteiger partial charge in [-0.25, -0.2) is 0 Å². The minimum atomic E-state index is -4.03. The Bertz CT molecular complexity index is 431. The van der Waals surface area contributed by atoms with Gasteiger partial charge in [0.1, 0.15) is 0 Å². The zero-order valence-electron chi connectivity index (χ0n) is 10.6. The van der Waals surface area contributed by atoms with Gasteiger partial charge in [-0.3, -0.25) is 0 Å². The molecule has 0 aliphatic heterocycles. The van der Waals surface area contributed by atoms with Crippen LogP contribution in [-0.2, 0) is 12.8 Å². The Labute approximate surface area is 116 Å².